The van der Waals surface area contributed by atoms with Gasteiger partial charge in [0.05, 0.1) is 27.4 Å². The number of hydrogen-bond acceptors (Lipinski definition) is 5. The summed E-state index contributed by atoms with van der Waals surface area (Å²) in [4.78, 5) is 35.0. The molecule has 8 heteroatoms. The van der Waals surface area contributed by atoms with E-state index in [0.717, 1.165) is 53.4 Å². The number of nitrogens with one attached hydrogen (secondary N) is 1. The van der Waals surface area contributed by atoms with Gasteiger partial charge in [-0.2, -0.15) is 0 Å². The molecule has 6 rings (SSSR count). The van der Waals surface area contributed by atoms with Crippen LogP contribution in [0.3, 0.4) is 0 Å². The van der Waals surface area contributed by atoms with Gasteiger partial charge in [-0.1, -0.05) is 31.0 Å². The van der Waals surface area contributed by atoms with Crippen LogP contribution in [0, 0.1) is 0 Å². The highest BCUT2D eigenvalue weighted by atomic mass is 16.5. The zero-order chi connectivity index (χ0) is 25.0. The van der Waals surface area contributed by atoms with Crippen molar-refractivity contribution in [1.29, 1.82) is 0 Å². The first kappa shape index (κ1) is 22.8. The number of ether oxygens (including phenoxy) is 3. The van der Waals surface area contributed by atoms with Crippen LogP contribution in [0.5, 0.6) is 17.2 Å². The zero-order valence-electron chi connectivity index (χ0n) is 20.9. The van der Waals surface area contributed by atoms with Crippen molar-refractivity contribution in [1.82, 2.24) is 14.8 Å². The molecule has 3 heterocycles. The molecule has 1 aliphatic carbocycles. The van der Waals surface area contributed by atoms with Crippen LogP contribution in [0.15, 0.2) is 36.4 Å². The molecule has 2 amide bonds. The fourth-order valence-corrected chi connectivity index (χ4v) is 6.42. The van der Waals surface area contributed by atoms with Crippen LogP contribution in [-0.4, -0.2) is 66.6 Å². The topological polar surface area (TPSA) is 84.1 Å². The van der Waals surface area contributed by atoms with E-state index in [9.17, 15) is 9.59 Å². The quantitative estimate of drug-likeness (QED) is 0.589. The van der Waals surface area contributed by atoms with E-state index in [2.05, 4.69) is 11.1 Å². The molecular weight excluding hydrogens is 458 g/mol. The first-order valence-electron chi connectivity index (χ1n) is 12.6. The monoisotopic (exact) mass is 489 g/mol. The number of amides is 2. The van der Waals surface area contributed by atoms with Gasteiger partial charge in [0.1, 0.15) is 12.6 Å². The molecule has 0 radical (unpaired) electrons. The maximum Gasteiger partial charge on any atom is 0.246 e. The van der Waals surface area contributed by atoms with E-state index in [4.69, 9.17) is 14.2 Å². The Labute approximate surface area is 210 Å². The van der Waals surface area contributed by atoms with Crippen molar-refractivity contribution in [2.45, 2.75) is 50.2 Å². The van der Waals surface area contributed by atoms with Gasteiger partial charge in [0.15, 0.2) is 11.5 Å². The van der Waals surface area contributed by atoms with E-state index in [0.29, 0.717) is 23.7 Å². The lowest BCUT2D eigenvalue weighted by Gasteiger charge is -2.48. The molecule has 36 heavy (non-hydrogen) atoms. The van der Waals surface area contributed by atoms with Crippen LogP contribution in [0.2, 0.25) is 0 Å². The molecule has 1 N–H and O–H groups in total. The van der Waals surface area contributed by atoms with Gasteiger partial charge in [-0.05, 0) is 42.2 Å². The summed E-state index contributed by atoms with van der Waals surface area (Å²) >= 11 is 0. The smallest absolute Gasteiger partial charge is 0.246 e. The minimum Gasteiger partial charge on any atom is -0.493 e. The van der Waals surface area contributed by atoms with Crippen LogP contribution < -0.4 is 14.2 Å². The molecule has 3 aromatic rings. The van der Waals surface area contributed by atoms with E-state index in [1.807, 2.05) is 35.2 Å². The Balaban J connectivity index is 1.54. The highest BCUT2D eigenvalue weighted by molar-refractivity contribution is 5.98. The number of para-hydroxylation sites is 1. The van der Waals surface area contributed by atoms with Gasteiger partial charge < -0.3 is 29.0 Å². The molecule has 0 bridgehead atoms. The fraction of sp³-hybridized carbons (Fsp3) is 0.429. The molecule has 3 aliphatic rings. The third-order valence-electron chi connectivity index (χ3n) is 8.06. The Morgan fingerprint density at radius 1 is 0.944 bits per heavy atom. The standard InChI is InChI=1S/C28H31N3O5/c1-34-22-12-16(13-23(35-2)27(22)36-3)26-25-19(18-10-6-7-11-20(18)29-25)14-21-28(33)30(15-24(32)31(21)26)17-8-4-5-9-17/h6-7,10-13,17,21,26,29H,4-5,8-9,14-15H2,1-3H3. The second-order valence-corrected chi connectivity index (χ2v) is 9.85. The number of aromatic amines is 1. The maximum atomic E-state index is 13.9. The van der Waals surface area contributed by atoms with Gasteiger partial charge in [-0.3, -0.25) is 9.59 Å². The average molecular weight is 490 g/mol. The number of piperazine rings is 1. The average Bonchev–Trinajstić information content (AvgIpc) is 3.57. The molecule has 188 valence electrons. The van der Waals surface area contributed by atoms with E-state index >= 15 is 0 Å². The summed E-state index contributed by atoms with van der Waals surface area (Å²) in [6.45, 7) is 0.122. The number of H-pyrrole nitrogens is 1. The van der Waals surface area contributed by atoms with Crippen molar-refractivity contribution >= 4 is 22.7 Å². The lowest BCUT2D eigenvalue weighted by atomic mass is 9.85. The summed E-state index contributed by atoms with van der Waals surface area (Å²) in [6.07, 6.45) is 4.66. The largest absolute Gasteiger partial charge is 0.493 e. The first-order valence-corrected chi connectivity index (χ1v) is 12.6. The normalized spacial score (nSPS) is 22.1. The Bertz CT molecular complexity index is 1320. The number of hydrogen-bond donors (Lipinski definition) is 1. The summed E-state index contributed by atoms with van der Waals surface area (Å²) < 4.78 is 16.8. The minimum absolute atomic E-state index is 0.0328. The van der Waals surface area contributed by atoms with Crippen LogP contribution in [-0.2, 0) is 16.0 Å². The van der Waals surface area contributed by atoms with E-state index in [1.54, 1.807) is 26.2 Å². The minimum atomic E-state index is -0.553. The third kappa shape index (κ3) is 3.34. The van der Waals surface area contributed by atoms with Gasteiger partial charge in [0.2, 0.25) is 17.6 Å². The SMILES string of the molecule is COc1cc(C2c3[nH]c4ccccc4c3CC3C(=O)N(C4CCCC4)CC(=O)N32)cc(OC)c1OC. The second kappa shape index (κ2) is 8.76. The molecule has 1 saturated heterocycles. The second-order valence-electron chi connectivity index (χ2n) is 9.85. The van der Waals surface area contributed by atoms with E-state index < -0.39 is 12.1 Å². The number of carbonyl (C=O) groups excluding carboxylic acids is 2. The summed E-state index contributed by atoms with van der Waals surface area (Å²) in [5.41, 5.74) is 3.81. The van der Waals surface area contributed by atoms with Crippen LogP contribution >= 0.6 is 0 Å². The lowest BCUT2D eigenvalue weighted by molar-refractivity contribution is -0.160. The number of aromatic nitrogens is 1. The van der Waals surface area contributed by atoms with E-state index in [1.165, 1.54) is 0 Å². The van der Waals surface area contributed by atoms with Gasteiger partial charge >= 0.3 is 0 Å². The molecule has 0 spiro atoms. The Kier molecular flexibility index (Phi) is 5.54. The fourth-order valence-electron chi connectivity index (χ4n) is 6.42. The Morgan fingerprint density at radius 2 is 1.64 bits per heavy atom. The predicted octanol–water partition coefficient (Wildman–Crippen LogP) is 3.82. The highest BCUT2D eigenvalue weighted by Gasteiger charge is 2.50. The number of rotatable bonds is 5. The van der Waals surface area contributed by atoms with Gasteiger partial charge in [-0.15, -0.1) is 0 Å². The summed E-state index contributed by atoms with van der Waals surface area (Å²) in [7, 11) is 4.72. The van der Waals surface area contributed by atoms with Crippen LogP contribution in [0.4, 0.5) is 0 Å². The molecule has 1 aromatic heterocycles. The summed E-state index contributed by atoms with van der Waals surface area (Å²) in [5.74, 6) is 1.52. The lowest BCUT2D eigenvalue weighted by Crippen LogP contribution is -2.64. The predicted molar refractivity (Wildman–Crippen MR) is 135 cm³/mol. The highest BCUT2D eigenvalue weighted by Crippen LogP contribution is 2.47. The summed E-state index contributed by atoms with van der Waals surface area (Å²) in [5, 5.41) is 1.09. The van der Waals surface area contributed by atoms with Crippen molar-refractivity contribution in [2.75, 3.05) is 27.9 Å². The number of benzene rings is 2. The first-order chi connectivity index (χ1) is 17.5. The third-order valence-corrected chi connectivity index (χ3v) is 8.06. The van der Waals surface area contributed by atoms with Crippen molar-refractivity contribution < 1.29 is 23.8 Å². The molecule has 2 aromatic carbocycles. The molecule has 2 unspecified atom stereocenters. The van der Waals surface area contributed by atoms with Crippen LogP contribution in [0.25, 0.3) is 10.9 Å². The van der Waals surface area contributed by atoms with Gasteiger partial charge in [0.25, 0.3) is 0 Å². The number of carbonyl (C=O) groups is 2. The van der Waals surface area contributed by atoms with E-state index in [-0.39, 0.29) is 24.4 Å². The number of methoxy groups -OCH3 is 3. The molecule has 2 fully saturated rings. The van der Waals surface area contributed by atoms with Crippen molar-refractivity contribution in [3.05, 3.63) is 53.2 Å². The zero-order valence-corrected chi connectivity index (χ0v) is 20.9. The van der Waals surface area contributed by atoms with Gasteiger partial charge in [0, 0.05) is 29.1 Å². The summed E-state index contributed by atoms with van der Waals surface area (Å²) in [6, 6.07) is 11.0. The van der Waals surface area contributed by atoms with Crippen molar-refractivity contribution in [2.24, 2.45) is 0 Å². The molecule has 2 atom stereocenters. The van der Waals surface area contributed by atoms with Crippen LogP contribution in [0.1, 0.15) is 48.5 Å². The van der Waals surface area contributed by atoms with Crippen molar-refractivity contribution in [3.8, 4) is 17.2 Å². The number of nitrogens with zero attached hydrogens (tertiary/aromatic N) is 2. The maximum absolute atomic E-state index is 13.9. The Morgan fingerprint density at radius 3 is 2.31 bits per heavy atom. The molecular formula is C28H31N3O5. The Hall–Kier alpha value is -3.68. The number of fused-ring (bicyclic) bond motifs is 4. The van der Waals surface area contributed by atoms with Gasteiger partial charge in [-0.25, -0.2) is 0 Å². The molecule has 1 saturated carbocycles. The van der Waals surface area contributed by atoms with Crippen molar-refractivity contribution in [3.63, 3.8) is 0 Å². The molecule has 2 aliphatic heterocycles. The molecule has 8 nitrogen and oxygen atoms in total.